The largest absolute Gasteiger partial charge is 0.330 e. The molecule has 1 atom stereocenters. The smallest absolute Gasteiger partial charge is 0.224 e. The summed E-state index contributed by atoms with van der Waals surface area (Å²) >= 11 is 0. The van der Waals surface area contributed by atoms with Gasteiger partial charge in [-0.1, -0.05) is 19.1 Å². The van der Waals surface area contributed by atoms with Gasteiger partial charge in [-0.05, 0) is 57.1 Å². The summed E-state index contributed by atoms with van der Waals surface area (Å²) in [6.45, 7) is 3.73. The molecule has 0 aliphatic rings. The molecule has 0 saturated heterocycles. The molecule has 1 aromatic rings. The third-order valence-corrected chi connectivity index (χ3v) is 3.26. The fraction of sp³-hybridized carbons (Fsp3) is 0.562. The quantitative estimate of drug-likeness (QED) is 0.767. The Hall–Kier alpha value is -1.39. The van der Waals surface area contributed by atoms with Gasteiger partial charge in [-0.25, -0.2) is 0 Å². The summed E-state index contributed by atoms with van der Waals surface area (Å²) in [6.07, 6.45) is 2.43. The Morgan fingerprint density at radius 3 is 2.45 bits per heavy atom. The number of hydrogen-bond donors (Lipinski definition) is 2. The van der Waals surface area contributed by atoms with E-state index in [4.69, 9.17) is 5.73 Å². The van der Waals surface area contributed by atoms with E-state index in [2.05, 4.69) is 17.1 Å². The van der Waals surface area contributed by atoms with E-state index in [1.165, 1.54) is 5.56 Å². The zero-order valence-corrected chi connectivity index (χ0v) is 12.9. The van der Waals surface area contributed by atoms with Crippen molar-refractivity contribution in [1.29, 1.82) is 0 Å². The Labute approximate surface area is 122 Å². The molecular weight excluding hydrogens is 250 g/mol. The molecule has 0 heterocycles. The monoisotopic (exact) mass is 277 g/mol. The molecular formula is C16H27N3O. The molecule has 0 saturated carbocycles. The van der Waals surface area contributed by atoms with Gasteiger partial charge in [0.1, 0.15) is 0 Å². The summed E-state index contributed by atoms with van der Waals surface area (Å²) in [7, 11) is 4.08. The highest BCUT2D eigenvalue weighted by atomic mass is 16.1. The molecule has 1 unspecified atom stereocenters. The van der Waals surface area contributed by atoms with Crippen LogP contribution >= 0.6 is 0 Å². The highest BCUT2D eigenvalue weighted by Crippen LogP contribution is 2.13. The molecule has 0 spiro atoms. The van der Waals surface area contributed by atoms with Crippen LogP contribution in [-0.2, 0) is 11.3 Å². The van der Waals surface area contributed by atoms with Crippen molar-refractivity contribution >= 4 is 11.6 Å². The second-order valence-electron chi connectivity index (χ2n) is 5.70. The van der Waals surface area contributed by atoms with Crippen LogP contribution in [0.2, 0.25) is 0 Å². The molecule has 20 heavy (non-hydrogen) atoms. The number of anilines is 1. The molecule has 0 aliphatic carbocycles. The fourth-order valence-electron chi connectivity index (χ4n) is 2.09. The van der Waals surface area contributed by atoms with Crippen molar-refractivity contribution in [1.82, 2.24) is 4.90 Å². The van der Waals surface area contributed by atoms with E-state index in [-0.39, 0.29) is 5.91 Å². The van der Waals surface area contributed by atoms with Crippen LogP contribution < -0.4 is 11.1 Å². The van der Waals surface area contributed by atoms with E-state index < -0.39 is 0 Å². The number of hydrogen-bond acceptors (Lipinski definition) is 3. The summed E-state index contributed by atoms with van der Waals surface area (Å²) in [4.78, 5) is 14.0. The van der Waals surface area contributed by atoms with Crippen molar-refractivity contribution in [2.24, 2.45) is 11.7 Å². The lowest BCUT2D eigenvalue weighted by molar-refractivity contribution is -0.116. The van der Waals surface area contributed by atoms with Gasteiger partial charge in [0.05, 0.1) is 0 Å². The van der Waals surface area contributed by atoms with Gasteiger partial charge in [-0.2, -0.15) is 0 Å². The van der Waals surface area contributed by atoms with Gasteiger partial charge < -0.3 is 16.0 Å². The molecule has 1 aromatic carbocycles. The lowest BCUT2D eigenvalue weighted by Crippen LogP contribution is -2.14. The number of benzene rings is 1. The molecule has 3 N–H and O–H groups in total. The molecule has 4 nitrogen and oxygen atoms in total. The van der Waals surface area contributed by atoms with Gasteiger partial charge in [-0.3, -0.25) is 4.79 Å². The minimum atomic E-state index is 0.0780. The van der Waals surface area contributed by atoms with Crippen molar-refractivity contribution in [2.75, 3.05) is 26.0 Å². The summed E-state index contributed by atoms with van der Waals surface area (Å²) in [5, 5.41) is 2.94. The number of nitrogens with one attached hydrogen (secondary N) is 1. The summed E-state index contributed by atoms with van der Waals surface area (Å²) in [5.74, 6) is 0.586. The number of carbonyl (C=O) groups is 1. The summed E-state index contributed by atoms with van der Waals surface area (Å²) in [5.41, 5.74) is 7.61. The molecule has 0 aliphatic heterocycles. The highest BCUT2D eigenvalue weighted by molar-refractivity contribution is 5.90. The first kappa shape index (κ1) is 16.7. The number of nitrogens with zero attached hydrogens (tertiary/aromatic N) is 1. The maximum absolute atomic E-state index is 11.8. The van der Waals surface area contributed by atoms with Gasteiger partial charge in [0.2, 0.25) is 5.91 Å². The van der Waals surface area contributed by atoms with Gasteiger partial charge in [0.25, 0.3) is 0 Å². The second-order valence-corrected chi connectivity index (χ2v) is 5.70. The predicted molar refractivity (Wildman–Crippen MR) is 84.5 cm³/mol. The van der Waals surface area contributed by atoms with Crippen LogP contribution in [0.4, 0.5) is 5.69 Å². The van der Waals surface area contributed by atoms with Crippen LogP contribution in [0.25, 0.3) is 0 Å². The van der Waals surface area contributed by atoms with Crippen LogP contribution in [0.5, 0.6) is 0 Å². The Balaban J connectivity index is 2.38. The number of nitrogens with two attached hydrogens (primary N) is 1. The highest BCUT2D eigenvalue weighted by Gasteiger charge is 2.06. The average molecular weight is 277 g/mol. The fourth-order valence-corrected chi connectivity index (χ4v) is 2.09. The van der Waals surface area contributed by atoms with Crippen molar-refractivity contribution in [2.45, 2.75) is 32.7 Å². The minimum absolute atomic E-state index is 0.0780. The second kappa shape index (κ2) is 8.72. The Kier molecular flexibility index (Phi) is 7.26. The van der Waals surface area contributed by atoms with Crippen LogP contribution in [-0.4, -0.2) is 31.4 Å². The van der Waals surface area contributed by atoms with E-state index >= 15 is 0 Å². The van der Waals surface area contributed by atoms with Gasteiger partial charge in [-0.15, -0.1) is 0 Å². The van der Waals surface area contributed by atoms with E-state index in [0.717, 1.165) is 25.1 Å². The van der Waals surface area contributed by atoms with Crippen molar-refractivity contribution < 1.29 is 4.79 Å². The average Bonchev–Trinajstić information content (AvgIpc) is 2.38. The van der Waals surface area contributed by atoms with Crippen LogP contribution in [0.3, 0.4) is 0 Å². The zero-order valence-electron chi connectivity index (χ0n) is 12.9. The Bertz CT molecular complexity index is 401. The number of carbonyl (C=O) groups excluding carboxylic acids is 1. The normalized spacial score (nSPS) is 12.4. The third-order valence-electron chi connectivity index (χ3n) is 3.26. The molecule has 0 aromatic heterocycles. The third kappa shape index (κ3) is 6.68. The van der Waals surface area contributed by atoms with E-state index in [1.807, 2.05) is 38.4 Å². The molecule has 112 valence electrons. The minimum Gasteiger partial charge on any atom is -0.330 e. The standard InChI is InChI=1S/C16H27N3O/c1-13(10-11-17)4-9-16(20)18-15-7-5-14(6-8-15)12-19(2)3/h5-8,13H,4,9-12,17H2,1-3H3,(H,18,20). The van der Waals surface area contributed by atoms with Crippen molar-refractivity contribution in [3.05, 3.63) is 29.8 Å². The van der Waals surface area contributed by atoms with Gasteiger partial charge in [0.15, 0.2) is 0 Å². The first-order valence-corrected chi connectivity index (χ1v) is 7.25. The van der Waals surface area contributed by atoms with E-state index in [1.54, 1.807) is 0 Å². The number of rotatable bonds is 8. The molecule has 1 amide bonds. The van der Waals surface area contributed by atoms with E-state index in [9.17, 15) is 4.79 Å². The molecule has 0 fully saturated rings. The molecule has 0 bridgehead atoms. The zero-order chi connectivity index (χ0) is 15.0. The van der Waals surface area contributed by atoms with Crippen LogP contribution in [0, 0.1) is 5.92 Å². The predicted octanol–water partition coefficient (Wildman–Crippen LogP) is 2.45. The van der Waals surface area contributed by atoms with E-state index in [0.29, 0.717) is 18.9 Å². The number of amides is 1. The summed E-state index contributed by atoms with van der Waals surface area (Å²) in [6, 6.07) is 8.01. The Morgan fingerprint density at radius 1 is 1.25 bits per heavy atom. The topological polar surface area (TPSA) is 58.4 Å². The summed E-state index contributed by atoms with van der Waals surface area (Å²) < 4.78 is 0. The maximum Gasteiger partial charge on any atom is 0.224 e. The molecule has 0 radical (unpaired) electrons. The molecule has 4 heteroatoms. The van der Waals surface area contributed by atoms with Gasteiger partial charge in [0, 0.05) is 18.7 Å². The SMILES string of the molecule is CC(CCN)CCC(=O)Nc1ccc(CN(C)C)cc1. The first-order chi connectivity index (χ1) is 9.51. The van der Waals surface area contributed by atoms with Crippen LogP contribution in [0.1, 0.15) is 31.7 Å². The molecule has 1 rings (SSSR count). The van der Waals surface area contributed by atoms with Crippen molar-refractivity contribution in [3.63, 3.8) is 0 Å². The van der Waals surface area contributed by atoms with Crippen molar-refractivity contribution in [3.8, 4) is 0 Å². The van der Waals surface area contributed by atoms with Crippen LogP contribution in [0.15, 0.2) is 24.3 Å². The Morgan fingerprint density at radius 2 is 1.90 bits per heavy atom. The van der Waals surface area contributed by atoms with Gasteiger partial charge >= 0.3 is 0 Å². The maximum atomic E-state index is 11.8. The lowest BCUT2D eigenvalue weighted by atomic mass is 10.0. The lowest BCUT2D eigenvalue weighted by Gasteiger charge is -2.12. The first-order valence-electron chi connectivity index (χ1n) is 7.25.